The van der Waals surface area contributed by atoms with Crippen molar-refractivity contribution >= 4 is 17.7 Å². The Morgan fingerprint density at radius 3 is 2.13 bits per heavy atom. The van der Waals surface area contributed by atoms with Crippen LogP contribution in [0.5, 0.6) is 5.75 Å². The number of ether oxygens (including phenoxy) is 2. The van der Waals surface area contributed by atoms with Crippen LogP contribution in [0.15, 0.2) is 24.3 Å². The number of carbonyl (C=O) groups is 3. The van der Waals surface area contributed by atoms with Crippen molar-refractivity contribution in [2.24, 2.45) is 23.2 Å². The summed E-state index contributed by atoms with van der Waals surface area (Å²) in [5.41, 5.74) is 0.585. The van der Waals surface area contributed by atoms with E-state index in [0.717, 1.165) is 37.0 Å². The summed E-state index contributed by atoms with van der Waals surface area (Å²) in [5, 5.41) is 2.72. The molecule has 1 N–H and O–H groups in total. The molecular weight excluding hydrogens is 382 g/mol. The minimum Gasteiger partial charge on any atom is -0.497 e. The number of rotatable bonds is 8. The number of nitrogens with one attached hydrogen (secondary N) is 1. The lowest BCUT2D eigenvalue weighted by molar-refractivity contribution is -0.147. The molecule has 162 valence electrons. The molecule has 0 aromatic heterocycles. The molecule has 4 bridgehead atoms. The first-order valence-corrected chi connectivity index (χ1v) is 11.0. The molecule has 0 heterocycles. The first-order valence-electron chi connectivity index (χ1n) is 11.0. The van der Waals surface area contributed by atoms with Gasteiger partial charge in [0.2, 0.25) is 11.7 Å². The molecule has 4 aliphatic rings. The summed E-state index contributed by atoms with van der Waals surface area (Å²) >= 11 is 0. The number of amides is 1. The third-order valence-corrected chi connectivity index (χ3v) is 7.18. The van der Waals surface area contributed by atoms with E-state index in [9.17, 15) is 14.4 Å². The number of hydrogen-bond donors (Lipinski definition) is 1. The monoisotopic (exact) mass is 413 g/mol. The van der Waals surface area contributed by atoms with Gasteiger partial charge in [-0.15, -0.1) is 0 Å². The fourth-order valence-corrected chi connectivity index (χ4v) is 6.36. The molecule has 1 atom stereocenters. The zero-order chi connectivity index (χ0) is 21.3. The Kier molecular flexibility index (Phi) is 5.85. The maximum Gasteiger partial charge on any atom is 0.326 e. The molecule has 1 amide bonds. The third-order valence-electron chi connectivity index (χ3n) is 7.18. The second-order valence-corrected chi connectivity index (χ2v) is 9.60. The van der Waals surface area contributed by atoms with Gasteiger partial charge < -0.3 is 14.8 Å². The average Bonchev–Trinajstić information content (AvgIpc) is 2.70. The van der Waals surface area contributed by atoms with E-state index < -0.39 is 12.1 Å². The zero-order valence-corrected chi connectivity index (χ0v) is 17.8. The van der Waals surface area contributed by atoms with E-state index in [1.54, 1.807) is 38.3 Å². The smallest absolute Gasteiger partial charge is 0.326 e. The summed E-state index contributed by atoms with van der Waals surface area (Å²) in [5.74, 6) is 2.06. The molecule has 30 heavy (non-hydrogen) atoms. The summed E-state index contributed by atoms with van der Waals surface area (Å²) in [6.45, 7) is 1.34. The standard InChI is InChI=1S/C24H31NO5/c1-15(23(28)19-3-5-20(29-2)6-4-19)30-22(27)14-25-21(26)13-24-10-16-7-17(11-24)9-18(8-16)12-24/h3-6,15-18H,7-14H2,1-2H3,(H,25,26)/t15-,16?,17?,18?,24?/m0/s1. The molecule has 4 aliphatic carbocycles. The summed E-state index contributed by atoms with van der Waals surface area (Å²) < 4.78 is 10.3. The van der Waals surface area contributed by atoms with E-state index >= 15 is 0 Å². The predicted molar refractivity (Wildman–Crippen MR) is 111 cm³/mol. The first kappa shape index (κ1) is 20.9. The van der Waals surface area contributed by atoms with E-state index in [4.69, 9.17) is 9.47 Å². The van der Waals surface area contributed by atoms with E-state index in [2.05, 4.69) is 5.32 Å². The highest BCUT2D eigenvalue weighted by Gasteiger charge is 2.51. The van der Waals surface area contributed by atoms with Crippen LogP contribution in [0.4, 0.5) is 0 Å². The molecule has 5 rings (SSSR count). The first-order chi connectivity index (χ1) is 14.4. The number of Topliss-reactive ketones (excluding diaryl/α,β-unsaturated/α-hetero) is 1. The molecule has 4 fully saturated rings. The predicted octanol–water partition coefficient (Wildman–Crippen LogP) is 3.53. The molecule has 0 aliphatic heterocycles. The molecule has 0 radical (unpaired) electrons. The minimum absolute atomic E-state index is 0.0805. The van der Waals surface area contributed by atoms with Crippen molar-refractivity contribution in [1.29, 1.82) is 0 Å². The van der Waals surface area contributed by atoms with Crippen LogP contribution < -0.4 is 10.1 Å². The number of benzene rings is 1. The molecule has 1 aromatic carbocycles. The van der Waals surface area contributed by atoms with Crippen LogP contribution in [0.2, 0.25) is 0 Å². The second kappa shape index (κ2) is 8.40. The molecule has 1 aromatic rings. The van der Waals surface area contributed by atoms with Gasteiger partial charge in [-0.1, -0.05) is 0 Å². The average molecular weight is 414 g/mol. The maximum absolute atomic E-state index is 12.5. The molecule has 6 nitrogen and oxygen atoms in total. The quantitative estimate of drug-likeness (QED) is 0.521. The topological polar surface area (TPSA) is 81.7 Å². The zero-order valence-electron chi connectivity index (χ0n) is 17.8. The van der Waals surface area contributed by atoms with E-state index in [0.29, 0.717) is 17.7 Å². The van der Waals surface area contributed by atoms with E-state index in [1.165, 1.54) is 19.3 Å². The van der Waals surface area contributed by atoms with Gasteiger partial charge in [0, 0.05) is 12.0 Å². The van der Waals surface area contributed by atoms with Crippen molar-refractivity contribution in [3.8, 4) is 5.75 Å². The lowest BCUT2D eigenvalue weighted by Gasteiger charge is -2.56. The van der Waals surface area contributed by atoms with Gasteiger partial charge in [0.05, 0.1) is 7.11 Å². The van der Waals surface area contributed by atoms with E-state index in [1.807, 2.05) is 0 Å². The normalized spacial score (nSPS) is 29.9. The van der Waals surface area contributed by atoms with Gasteiger partial charge in [-0.25, -0.2) is 0 Å². The third kappa shape index (κ3) is 4.52. The van der Waals surface area contributed by atoms with Crippen molar-refractivity contribution < 1.29 is 23.9 Å². The van der Waals surface area contributed by atoms with Gasteiger partial charge in [-0.05, 0) is 92.9 Å². The van der Waals surface area contributed by atoms with Crippen molar-refractivity contribution in [2.45, 2.75) is 58.0 Å². The van der Waals surface area contributed by atoms with Crippen molar-refractivity contribution in [3.63, 3.8) is 0 Å². The number of esters is 1. The molecule has 0 spiro atoms. The largest absolute Gasteiger partial charge is 0.497 e. The van der Waals surface area contributed by atoms with Crippen LogP contribution in [0, 0.1) is 23.2 Å². The summed E-state index contributed by atoms with van der Waals surface area (Å²) in [4.78, 5) is 37.1. The maximum atomic E-state index is 12.5. The SMILES string of the molecule is COc1ccc(C(=O)[C@H](C)OC(=O)CNC(=O)CC23CC4CC(CC(C4)C2)C3)cc1. The van der Waals surface area contributed by atoms with Gasteiger partial charge in [0.1, 0.15) is 12.3 Å². The van der Waals surface area contributed by atoms with Gasteiger partial charge in [0.25, 0.3) is 0 Å². The lowest BCUT2D eigenvalue weighted by Crippen LogP contribution is -2.48. The van der Waals surface area contributed by atoms with Crippen LogP contribution in [-0.4, -0.2) is 37.4 Å². The molecule has 4 saturated carbocycles. The summed E-state index contributed by atoms with van der Waals surface area (Å²) in [6.07, 6.45) is 7.09. The fraction of sp³-hybridized carbons (Fsp3) is 0.625. The highest BCUT2D eigenvalue weighted by atomic mass is 16.5. The summed E-state index contributed by atoms with van der Waals surface area (Å²) in [7, 11) is 1.55. The van der Waals surface area contributed by atoms with Crippen molar-refractivity contribution in [1.82, 2.24) is 5.32 Å². The highest BCUT2D eigenvalue weighted by Crippen LogP contribution is 2.61. The van der Waals surface area contributed by atoms with Crippen molar-refractivity contribution in [2.75, 3.05) is 13.7 Å². The Bertz CT molecular complexity index is 780. The van der Waals surface area contributed by atoms with E-state index in [-0.39, 0.29) is 23.7 Å². The second-order valence-electron chi connectivity index (χ2n) is 9.60. The van der Waals surface area contributed by atoms with Crippen LogP contribution in [0.1, 0.15) is 62.2 Å². The van der Waals surface area contributed by atoms with Gasteiger partial charge in [-0.3, -0.25) is 14.4 Å². The Morgan fingerprint density at radius 2 is 1.60 bits per heavy atom. The van der Waals surface area contributed by atoms with Gasteiger partial charge in [0.15, 0.2) is 6.10 Å². The number of methoxy groups -OCH3 is 1. The highest BCUT2D eigenvalue weighted by molar-refractivity contribution is 6.00. The lowest BCUT2D eigenvalue weighted by atomic mass is 9.49. The molecular formula is C24H31NO5. The fourth-order valence-electron chi connectivity index (χ4n) is 6.36. The molecule has 6 heteroatoms. The van der Waals surface area contributed by atoms with Crippen molar-refractivity contribution in [3.05, 3.63) is 29.8 Å². The Balaban J connectivity index is 1.23. The molecule has 0 saturated heterocycles. The van der Waals surface area contributed by atoms with Crippen LogP contribution in [-0.2, 0) is 14.3 Å². The van der Waals surface area contributed by atoms with Gasteiger partial charge >= 0.3 is 5.97 Å². The molecule has 0 unspecified atom stereocenters. The van der Waals surface area contributed by atoms with Gasteiger partial charge in [-0.2, -0.15) is 0 Å². The van der Waals surface area contributed by atoms with Crippen LogP contribution in [0.25, 0.3) is 0 Å². The van der Waals surface area contributed by atoms with Crippen LogP contribution >= 0.6 is 0 Å². The Hall–Kier alpha value is -2.37. The number of ketones is 1. The summed E-state index contributed by atoms with van der Waals surface area (Å²) in [6, 6.07) is 6.65. The number of carbonyl (C=O) groups excluding carboxylic acids is 3. The Morgan fingerprint density at radius 1 is 1.03 bits per heavy atom. The Labute approximate surface area is 177 Å². The number of hydrogen-bond acceptors (Lipinski definition) is 5. The van der Waals surface area contributed by atoms with Crippen LogP contribution in [0.3, 0.4) is 0 Å². The minimum atomic E-state index is -0.911.